The molecule has 1 aromatic carbocycles. The Bertz CT molecular complexity index is 850. The summed E-state index contributed by atoms with van der Waals surface area (Å²) in [4.78, 5) is 14.5. The van der Waals surface area contributed by atoms with Crippen molar-refractivity contribution in [1.82, 2.24) is 20.0 Å². The van der Waals surface area contributed by atoms with Crippen LogP contribution >= 0.6 is 0 Å². The largest absolute Gasteiger partial charge is 0.347 e. The molecule has 6 heteroatoms. The van der Waals surface area contributed by atoms with E-state index in [1.54, 1.807) is 4.68 Å². The first-order valence-corrected chi connectivity index (χ1v) is 9.03. The number of carbonyl (C=O) groups is 1. The third-order valence-electron chi connectivity index (χ3n) is 5.35. The number of benzene rings is 1. The number of nitriles is 1. The van der Waals surface area contributed by atoms with Crippen LogP contribution in [0.15, 0.2) is 30.6 Å². The van der Waals surface area contributed by atoms with E-state index in [0.717, 1.165) is 29.5 Å². The first-order valence-electron chi connectivity index (χ1n) is 9.03. The molecule has 3 rings (SSSR count). The zero-order chi connectivity index (χ0) is 18.8. The van der Waals surface area contributed by atoms with E-state index in [2.05, 4.69) is 23.5 Å². The van der Waals surface area contributed by atoms with Crippen molar-refractivity contribution in [3.05, 3.63) is 41.7 Å². The maximum Gasteiger partial charge on any atom is 0.251 e. The van der Waals surface area contributed by atoms with Crippen LogP contribution in [0.2, 0.25) is 0 Å². The minimum atomic E-state index is -0.0858. The van der Waals surface area contributed by atoms with Crippen molar-refractivity contribution in [1.29, 1.82) is 5.26 Å². The van der Waals surface area contributed by atoms with Crippen molar-refractivity contribution in [2.75, 3.05) is 0 Å². The fraction of sp³-hybridized carbons (Fsp3) is 0.450. The number of rotatable bonds is 4. The highest BCUT2D eigenvalue weighted by Crippen LogP contribution is 2.27. The Morgan fingerprint density at radius 3 is 2.77 bits per heavy atom. The number of nitrogens with one attached hydrogen (secondary N) is 1. The monoisotopic (exact) mass is 351 g/mol. The fourth-order valence-electron chi connectivity index (χ4n) is 3.79. The van der Waals surface area contributed by atoms with Crippen molar-refractivity contribution >= 4 is 5.91 Å². The van der Waals surface area contributed by atoms with Gasteiger partial charge in [0.2, 0.25) is 0 Å². The third kappa shape index (κ3) is 3.30. The van der Waals surface area contributed by atoms with Gasteiger partial charge in [0.15, 0.2) is 6.19 Å². The minimum Gasteiger partial charge on any atom is -0.347 e. The van der Waals surface area contributed by atoms with E-state index >= 15 is 0 Å². The molecule has 26 heavy (non-hydrogen) atoms. The van der Waals surface area contributed by atoms with Gasteiger partial charge in [0.25, 0.3) is 5.91 Å². The van der Waals surface area contributed by atoms with E-state index in [1.807, 2.05) is 56.4 Å². The molecule has 6 nitrogen and oxygen atoms in total. The summed E-state index contributed by atoms with van der Waals surface area (Å²) >= 11 is 0. The van der Waals surface area contributed by atoms with Gasteiger partial charge in [0, 0.05) is 30.4 Å². The molecule has 1 aromatic heterocycles. The number of aromatic nitrogens is 2. The molecule has 136 valence electrons. The first-order chi connectivity index (χ1) is 12.4. The second-order valence-corrected chi connectivity index (χ2v) is 7.06. The number of aryl methyl sites for hydroxylation is 2. The second-order valence-electron chi connectivity index (χ2n) is 7.06. The van der Waals surface area contributed by atoms with Gasteiger partial charge in [0.1, 0.15) is 0 Å². The number of hydrogen-bond acceptors (Lipinski definition) is 4. The van der Waals surface area contributed by atoms with Gasteiger partial charge < -0.3 is 10.2 Å². The molecule has 1 saturated heterocycles. The summed E-state index contributed by atoms with van der Waals surface area (Å²) in [5.74, 6) is -0.0858. The van der Waals surface area contributed by atoms with E-state index in [0.29, 0.717) is 5.56 Å². The van der Waals surface area contributed by atoms with Crippen molar-refractivity contribution in [3.8, 4) is 17.3 Å². The average molecular weight is 351 g/mol. The van der Waals surface area contributed by atoms with Crippen molar-refractivity contribution in [3.63, 3.8) is 0 Å². The van der Waals surface area contributed by atoms with Crippen LogP contribution in [0.25, 0.3) is 11.1 Å². The normalized spacial score (nSPS) is 22.3. The first kappa shape index (κ1) is 18.0. The summed E-state index contributed by atoms with van der Waals surface area (Å²) in [6.07, 6.45) is 7.77. The second kappa shape index (κ2) is 7.20. The highest BCUT2D eigenvalue weighted by molar-refractivity contribution is 5.95. The zero-order valence-corrected chi connectivity index (χ0v) is 15.7. The van der Waals surface area contributed by atoms with Gasteiger partial charge in [-0.3, -0.25) is 9.48 Å². The molecule has 0 spiro atoms. The van der Waals surface area contributed by atoms with Crippen LogP contribution in [0, 0.1) is 18.4 Å². The van der Waals surface area contributed by atoms with Crippen molar-refractivity contribution in [2.24, 2.45) is 7.05 Å². The highest BCUT2D eigenvalue weighted by Gasteiger charge is 2.38. The molecule has 1 amide bonds. The van der Waals surface area contributed by atoms with Gasteiger partial charge in [-0.2, -0.15) is 10.4 Å². The number of nitrogens with zero attached hydrogens (tertiary/aromatic N) is 4. The van der Waals surface area contributed by atoms with Crippen LogP contribution in [-0.2, 0) is 7.05 Å². The Hall–Kier alpha value is -2.81. The molecule has 0 radical (unpaired) electrons. The molecule has 2 heterocycles. The van der Waals surface area contributed by atoms with E-state index < -0.39 is 0 Å². The maximum absolute atomic E-state index is 12.7. The lowest BCUT2D eigenvalue weighted by Crippen LogP contribution is -2.42. The molecule has 0 aliphatic carbocycles. The van der Waals surface area contributed by atoms with Gasteiger partial charge in [-0.25, -0.2) is 0 Å². The van der Waals surface area contributed by atoms with Gasteiger partial charge >= 0.3 is 0 Å². The molecule has 3 atom stereocenters. The van der Waals surface area contributed by atoms with E-state index in [-0.39, 0.29) is 24.0 Å². The van der Waals surface area contributed by atoms with Crippen LogP contribution in [0.4, 0.5) is 0 Å². The summed E-state index contributed by atoms with van der Waals surface area (Å²) in [6.45, 7) is 6.08. The molecule has 0 unspecified atom stereocenters. The molecule has 2 aromatic rings. The molecule has 1 N–H and O–H groups in total. The molecule has 1 aliphatic rings. The van der Waals surface area contributed by atoms with Crippen LogP contribution in [0.3, 0.4) is 0 Å². The smallest absolute Gasteiger partial charge is 0.251 e. The Kier molecular flexibility index (Phi) is 4.99. The lowest BCUT2D eigenvalue weighted by Gasteiger charge is -2.22. The van der Waals surface area contributed by atoms with Crippen LogP contribution in [0.5, 0.6) is 0 Å². The zero-order valence-electron chi connectivity index (χ0n) is 15.7. The highest BCUT2D eigenvalue weighted by atomic mass is 16.1. The molecular weight excluding hydrogens is 326 g/mol. The quantitative estimate of drug-likeness (QED) is 0.860. The Balaban J connectivity index is 1.75. The van der Waals surface area contributed by atoms with E-state index in [9.17, 15) is 10.1 Å². The lowest BCUT2D eigenvalue weighted by molar-refractivity contribution is 0.0931. The van der Waals surface area contributed by atoms with Crippen LogP contribution in [-0.4, -0.2) is 38.7 Å². The van der Waals surface area contributed by atoms with Crippen molar-refractivity contribution in [2.45, 2.75) is 51.7 Å². The minimum absolute atomic E-state index is 0.00888. The Labute approximate surface area is 154 Å². The molecule has 1 aliphatic heterocycles. The fourth-order valence-corrected chi connectivity index (χ4v) is 3.79. The van der Waals surface area contributed by atoms with Crippen molar-refractivity contribution < 1.29 is 4.79 Å². The van der Waals surface area contributed by atoms with Gasteiger partial charge in [-0.05, 0) is 49.9 Å². The SMILES string of the molecule is CC[C@H]1C[C@@H](NC(=O)c2ccc(-c3cnn(C)c3)c(C)c2)[C@@H](C)N1C#N. The van der Waals surface area contributed by atoms with E-state index in [4.69, 9.17) is 0 Å². The van der Waals surface area contributed by atoms with Gasteiger partial charge in [0.05, 0.1) is 18.3 Å². The third-order valence-corrected chi connectivity index (χ3v) is 5.35. The summed E-state index contributed by atoms with van der Waals surface area (Å²) in [7, 11) is 1.89. The maximum atomic E-state index is 12.7. The molecular formula is C20H25N5O. The number of amides is 1. The van der Waals surface area contributed by atoms with Crippen LogP contribution in [0.1, 0.15) is 42.6 Å². The Morgan fingerprint density at radius 1 is 1.46 bits per heavy atom. The van der Waals surface area contributed by atoms with Gasteiger partial charge in [-0.15, -0.1) is 0 Å². The number of likely N-dealkylation sites (tertiary alicyclic amines) is 1. The summed E-state index contributed by atoms with van der Waals surface area (Å²) < 4.78 is 1.77. The molecule has 0 saturated carbocycles. The van der Waals surface area contributed by atoms with E-state index in [1.165, 1.54) is 0 Å². The lowest BCUT2D eigenvalue weighted by atomic mass is 10.00. The number of carbonyl (C=O) groups excluding carboxylic acids is 1. The predicted octanol–water partition coefficient (Wildman–Crippen LogP) is 2.85. The summed E-state index contributed by atoms with van der Waals surface area (Å²) in [6, 6.07) is 5.95. The number of hydrogen-bond donors (Lipinski definition) is 1. The average Bonchev–Trinajstić information content (AvgIpc) is 3.18. The van der Waals surface area contributed by atoms with Crippen LogP contribution < -0.4 is 5.32 Å². The Morgan fingerprint density at radius 2 is 2.23 bits per heavy atom. The van der Waals surface area contributed by atoms with Gasteiger partial charge in [-0.1, -0.05) is 13.0 Å². The topological polar surface area (TPSA) is 74.0 Å². The standard InChI is InChI=1S/C20H25N5O/c1-5-17-9-19(14(3)25(17)12-21)23-20(26)15-6-7-18(13(2)8-15)16-10-22-24(4)11-16/h6-8,10-11,14,17,19H,5,9H2,1-4H3,(H,23,26)/t14-,17+,19-/m1/s1. The summed E-state index contributed by atoms with van der Waals surface area (Å²) in [5.41, 5.74) is 3.79. The predicted molar refractivity (Wildman–Crippen MR) is 100 cm³/mol. The summed E-state index contributed by atoms with van der Waals surface area (Å²) in [5, 5.41) is 16.7. The molecule has 0 bridgehead atoms. The molecule has 1 fully saturated rings.